The maximum absolute atomic E-state index is 12.6. The Morgan fingerprint density at radius 2 is 1.68 bits per heavy atom. The van der Waals surface area contributed by atoms with Gasteiger partial charge in [0.15, 0.2) is 0 Å². The van der Waals surface area contributed by atoms with Crippen LogP contribution >= 0.6 is 0 Å². The predicted molar refractivity (Wildman–Crippen MR) is 129 cm³/mol. The third kappa shape index (κ3) is 5.36. The fourth-order valence-electron chi connectivity index (χ4n) is 3.32. The summed E-state index contributed by atoms with van der Waals surface area (Å²) in [6, 6.07) is 24.7. The highest BCUT2D eigenvalue weighted by Crippen LogP contribution is 2.26. The third-order valence-electron chi connectivity index (χ3n) is 5.12. The molecule has 0 bridgehead atoms. The van der Waals surface area contributed by atoms with E-state index in [1.165, 1.54) is 25.5 Å². The number of carbonyl (C=O) groups is 1. The van der Waals surface area contributed by atoms with Gasteiger partial charge in [-0.05, 0) is 70.4 Å². The van der Waals surface area contributed by atoms with Crippen molar-refractivity contribution in [2.45, 2.75) is 6.61 Å². The summed E-state index contributed by atoms with van der Waals surface area (Å²) in [5.74, 6) is 0.739. The maximum Gasteiger partial charge on any atom is 0.275 e. The Bertz CT molecular complexity index is 1350. The van der Waals surface area contributed by atoms with Crippen LogP contribution in [0, 0.1) is 10.1 Å². The number of nitro groups is 1. The van der Waals surface area contributed by atoms with Gasteiger partial charge in [0.05, 0.1) is 23.8 Å². The molecule has 1 amide bonds. The number of non-ortho nitro benzene ring substituents is 1. The molecule has 0 atom stereocenters. The molecule has 0 heterocycles. The van der Waals surface area contributed by atoms with Crippen LogP contribution in [0.2, 0.25) is 0 Å². The molecule has 4 aromatic rings. The number of nitrogens with one attached hydrogen (secondary N) is 1. The van der Waals surface area contributed by atoms with Crippen molar-refractivity contribution in [1.82, 2.24) is 5.43 Å². The van der Waals surface area contributed by atoms with Crippen molar-refractivity contribution >= 4 is 28.6 Å². The van der Waals surface area contributed by atoms with Crippen molar-refractivity contribution in [2.75, 3.05) is 7.11 Å². The SMILES string of the molecule is COc1cc2ccccc2cc1C(=O)NN=Cc1ccc(OCc2ccc([N+](=O)[O-])cc2)cc1. The molecule has 4 rings (SSSR count). The summed E-state index contributed by atoms with van der Waals surface area (Å²) in [5.41, 5.74) is 4.56. The molecule has 8 heteroatoms. The van der Waals surface area contributed by atoms with Gasteiger partial charge in [0.25, 0.3) is 11.6 Å². The summed E-state index contributed by atoms with van der Waals surface area (Å²) in [6.07, 6.45) is 1.53. The number of benzene rings is 4. The molecule has 0 saturated carbocycles. The van der Waals surface area contributed by atoms with Crippen LogP contribution in [0.5, 0.6) is 11.5 Å². The van der Waals surface area contributed by atoms with E-state index in [-0.39, 0.29) is 18.2 Å². The van der Waals surface area contributed by atoms with E-state index < -0.39 is 4.92 Å². The quantitative estimate of drug-likeness (QED) is 0.226. The molecule has 0 radical (unpaired) electrons. The molecule has 0 fully saturated rings. The van der Waals surface area contributed by atoms with Crippen LogP contribution in [0.1, 0.15) is 21.5 Å². The summed E-state index contributed by atoms with van der Waals surface area (Å²) in [7, 11) is 1.52. The maximum atomic E-state index is 12.6. The number of rotatable bonds is 8. The number of fused-ring (bicyclic) bond motifs is 1. The van der Waals surface area contributed by atoms with E-state index >= 15 is 0 Å². The van der Waals surface area contributed by atoms with Gasteiger partial charge in [-0.2, -0.15) is 5.10 Å². The highest BCUT2D eigenvalue weighted by Gasteiger charge is 2.13. The first kappa shape index (κ1) is 22.5. The Labute approximate surface area is 195 Å². The number of amides is 1. The zero-order chi connectivity index (χ0) is 23.9. The summed E-state index contributed by atoms with van der Waals surface area (Å²) in [4.78, 5) is 22.9. The highest BCUT2D eigenvalue weighted by molar-refractivity contribution is 6.01. The minimum absolute atomic E-state index is 0.0403. The summed E-state index contributed by atoms with van der Waals surface area (Å²) in [5, 5.41) is 16.7. The second-order valence-electron chi connectivity index (χ2n) is 7.38. The van der Waals surface area contributed by atoms with Gasteiger partial charge in [0, 0.05) is 12.1 Å². The number of carbonyl (C=O) groups excluding carboxylic acids is 1. The summed E-state index contributed by atoms with van der Waals surface area (Å²) in [6.45, 7) is 0.287. The van der Waals surface area contributed by atoms with Crippen LogP contribution < -0.4 is 14.9 Å². The van der Waals surface area contributed by atoms with E-state index in [2.05, 4.69) is 10.5 Å². The Morgan fingerprint density at radius 1 is 1.00 bits per heavy atom. The van der Waals surface area contributed by atoms with Crippen LogP contribution in [0.25, 0.3) is 10.8 Å². The largest absolute Gasteiger partial charge is 0.496 e. The second kappa shape index (κ2) is 10.3. The van der Waals surface area contributed by atoms with Gasteiger partial charge in [0.2, 0.25) is 0 Å². The smallest absolute Gasteiger partial charge is 0.275 e. The molecule has 4 aromatic carbocycles. The minimum Gasteiger partial charge on any atom is -0.496 e. The average molecular weight is 455 g/mol. The van der Waals surface area contributed by atoms with Crippen LogP contribution in [-0.4, -0.2) is 24.2 Å². The number of methoxy groups -OCH3 is 1. The fourth-order valence-corrected chi connectivity index (χ4v) is 3.32. The van der Waals surface area contributed by atoms with Crippen molar-refractivity contribution in [2.24, 2.45) is 5.10 Å². The number of nitro benzene ring substituents is 1. The molecule has 0 aliphatic rings. The van der Waals surface area contributed by atoms with Gasteiger partial charge < -0.3 is 9.47 Å². The molecule has 0 unspecified atom stereocenters. The molecule has 170 valence electrons. The average Bonchev–Trinajstić information content (AvgIpc) is 2.87. The van der Waals surface area contributed by atoms with Gasteiger partial charge in [0.1, 0.15) is 18.1 Å². The van der Waals surface area contributed by atoms with E-state index in [4.69, 9.17) is 9.47 Å². The number of hydrogen-bond donors (Lipinski definition) is 1. The molecular formula is C26H21N3O5. The van der Waals surface area contributed by atoms with Crippen molar-refractivity contribution in [1.29, 1.82) is 0 Å². The lowest BCUT2D eigenvalue weighted by Gasteiger charge is -2.09. The molecule has 0 aromatic heterocycles. The normalized spacial score (nSPS) is 10.9. The standard InChI is InChI=1S/C26H21N3O5/c1-33-25-15-21-5-3-2-4-20(21)14-24(25)26(30)28-27-16-18-8-12-23(13-9-18)34-17-19-6-10-22(11-7-19)29(31)32/h2-16H,17H2,1H3,(H,28,30). The lowest BCUT2D eigenvalue weighted by atomic mass is 10.1. The molecule has 0 spiro atoms. The van der Waals surface area contributed by atoms with Crippen LogP contribution in [0.3, 0.4) is 0 Å². The second-order valence-corrected chi connectivity index (χ2v) is 7.38. The van der Waals surface area contributed by atoms with Crippen molar-refractivity contribution in [3.05, 3.63) is 112 Å². The molecule has 0 aliphatic carbocycles. The number of nitrogens with zero attached hydrogens (tertiary/aromatic N) is 2. The van der Waals surface area contributed by atoms with Gasteiger partial charge in [-0.3, -0.25) is 14.9 Å². The number of hydrazone groups is 1. The summed E-state index contributed by atoms with van der Waals surface area (Å²) >= 11 is 0. The zero-order valence-corrected chi connectivity index (χ0v) is 18.3. The number of hydrogen-bond acceptors (Lipinski definition) is 6. The van der Waals surface area contributed by atoms with Crippen LogP contribution in [0.4, 0.5) is 5.69 Å². The molecule has 34 heavy (non-hydrogen) atoms. The van der Waals surface area contributed by atoms with E-state index in [9.17, 15) is 14.9 Å². The van der Waals surface area contributed by atoms with Gasteiger partial charge in [-0.15, -0.1) is 0 Å². The first-order chi connectivity index (χ1) is 16.5. The third-order valence-corrected chi connectivity index (χ3v) is 5.12. The Hall–Kier alpha value is -4.72. The van der Waals surface area contributed by atoms with Crippen molar-refractivity contribution in [3.63, 3.8) is 0 Å². The number of ether oxygens (including phenoxy) is 2. The zero-order valence-electron chi connectivity index (χ0n) is 18.3. The van der Waals surface area contributed by atoms with E-state index in [0.717, 1.165) is 21.9 Å². The van der Waals surface area contributed by atoms with Gasteiger partial charge >= 0.3 is 0 Å². The monoisotopic (exact) mass is 455 g/mol. The van der Waals surface area contributed by atoms with Gasteiger partial charge in [-0.25, -0.2) is 5.43 Å². The van der Waals surface area contributed by atoms with Crippen molar-refractivity contribution in [3.8, 4) is 11.5 Å². The first-order valence-corrected chi connectivity index (χ1v) is 10.4. The van der Waals surface area contributed by atoms with Crippen molar-refractivity contribution < 1.29 is 19.2 Å². The van der Waals surface area contributed by atoms with E-state index in [1.54, 1.807) is 42.5 Å². The topological polar surface area (TPSA) is 103 Å². The van der Waals surface area contributed by atoms with E-state index in [0.29, 0.717) is 17.1 Å². The molecular weight excluding hydrogens is 434 g/mol. The lowest BCUT2D eigenvalue weighted by Crippen LogP contribution is -2.18. The first-order valence-electron chi connectivity index (χ1n) is 10.4. The van der Waals surface area contributed by atoms with Crippen LogP contribution in [-0.2, 0) is 6.61 Å². The highest BCUT2D eigenvalue weighted by atomic mass is 16.6. The molecule has 8 nitrogen and oxygen atoms in total. The van der Waals surface area contributed by atoms with E-state index in [1.807, 2.05) is 30.3 Å². The Balaban J connectivity index is 1.35. The fraction of sp³-hybridized carbons (Fsp3) is 0.0769. The van der Waals surface area contributed by atoms with Gasteiger partial charge in [-0.1, -0.05) is 24.3 Å². The molecule has 1 N–H and O–H groups in total. The Kier molecular flexibility index (Phi) is 6.78. The Morgan fingerprint density at radius 3 is 2.32 bits per heavy atom. The lowest BCUT2D eigenvalue weighted by molar-refractivity contribution is -0.384. The molecule has 0 saturated heterocycles. The predicted octanol–water partition coefficient (Wildman–Crippen LogP) is 5.10. The molecule has 0 aliphatic heterocycles. The summed E-state index contributed by atoms with van der Waals surface area (Å²) < 4.78 is 11.1. The minimum atomic E-state index is -0.439. The van der Waals surface area contributed by atoms with Crippen LogP contribution in [0.15, 0.2) is 90.0 Å².